The van der Waals surface area contributed by atoms with E-state index in [0.717, 1.165) is 6.42 Å². The molecule has 32 heavy (non-hydrogen) atoms. The third-order valence-corrected chi connectivity index (χ3v) is 12.0. The summed E-state index contributed by atoms with van der Waals surface area (Å²) in [6.07, 6.45) is 3.42. The van der Waals surface area contributed by atoms with Crippen molar-refractivity contribution in [3.05, 3.63) is 63.7 Å². The van der Waals surface area contributed by atoms with Gasteiger partial charge in [0.15, 0.2) is 0 Å². The number of fused-ring (bicyclic) bond motifs is 1. The van der Waals surface area contributed by atoms with Gasteiger partial charge in [0.25, 0.3) is 0 Å². The number of hydrogen-bond donors (Lipinski definition) is 0. The van der Waals surface area contributed by atoms with E-state index in [1.807, 2.05) is 0 Å². The van der Waals surface area contributed by atoms with Crippen LogP contribution in [0.1, 0.15) is 107 Å². The Morgan fingerprint density at radius 2 is 1.31 bits per heavy atom. The molecule has 3 heteroatoms. The van der Waals surface area contributed by atoms with E-state index in [1.54, 1.807) is 0 Å². The van der Waals surface area contributed by atoms with E-state index < -0.39 is 19.4 Å². The van der Waals surface area contributed by atoms with Crippen molar-refractivity contribution >= 4 is 23.1 Å². The van der Waals surface area contributed by atoms with E-state index in [1.165, 1.54) is 44.5 Å². The Bertz CT molecular complexity index is 1010. The van der Waals surface area contributed by atoms with E-state index in [9.17, 15) is 0 Å². The number of halogens is 2. The molecule has 0 aliphatic heterocycles. The Morgan fingerprint density at radius 3 is 1.72 bits per heavy atom. The third kappa shape index (κ3) is 5.16. The van der Waals surface area contributed by atoms with Crippen molar-refractivity contribution in [1.29, 1.82) is 0 Å². The van der Waals surface area contributed by atoms with Gasteiger partial charge in [0, 0.05) is 0 Å². The molecule has 1 atom stereocenters. The minimum absolute atomic E-state index is 0.0335. The second-order valence-corrected chi connectivity index (χ2v) is 21.1. The summed E-state index contributed by atoms with van der Waals surface area (Å²) in [6, 6.07) is 11.9. The molecule has 0 radical (unpaired) electrons. The molecular weight excluding hydrogens is 510 g/mol. The van der Waals surface area contributed by atoms with Gasteiger partial charge in [0.2, 0.25) is 0 Å². The molecular formula is C29H39Cl2Zr. The summed E-state index contributed by atoms with van der Waals surface area (Å²) < 4.78 is 0.265. The Morgan fingerprint density at radius 1 is 0.781 bits per heavy atom. The zero-order chi connectivity index (χ0) is 24.2. The van der Waals surface area contributed by atoms with Crippen LogP contribution in [0.4, 0.5) is 0 Å². The zero-order valence-corrected chi connectivity index (χ0v) is 25.5. The summed E-state index contributed by atoms with van der Waals surface area (Å²) in [6.45, 7) is 23.0. The first-order valence-electron chi connectivity index (χ1n) is 11.8. The van der Waals surface area contributed by atoms with Crippen LogP contribution in [0.5, 0.6) is 0 Å². The van der Waals surface area contributed by atoms with Crippen molar-refractivity contribution in [3.63, 3.8) is 0 Å². The predicted molar refractivity (Wildman–Crippen MR) is 141 cm³/mol. The normalized spacial score (nSPS) is 16.8. The molecule has 0 fully saturated rings. The van der Waals surface area contributed by atoms with Crippen LogP contribution in [-0.4, -0.2) is 0 Å². The van der Waals surface area contributed by atoms with Crippen LogP contribution < -0.4 is 0 Å². The Labute approximate surface area is 211 Å². The molecule has 1 aliphatic rings. The second-order valence-electron chi connectivity index (χ2n) is 12.3. The summed E-state index contributed by atoms with van der Waals surface area (Å²) in [4.78, 5) is 0. The predicted octanol–water partition coefficient (Wildman–Crippen LogP) is 10.0. The quantitative estimate of drug-likeness (QED) is 0.357. The fourth-order valence-electron chi connectivity index (χ4n) is 4.65. The van der Waals surface area contributed by atoms with E-state index >= 15 is 0 Å². The molecule has 173 valence electrons. The number of rotatable bonds is 3. The maximum atomic E-state index is 6.70. The first kappa shape index (κ1) is 26.3. The zero-order valence-electron chi connectivity index (χ0n) is 21.5. The van der Waals surface area contributed by atoms with E-state index in [4.69, 9.17) is 17.0 Å². The molecule has 0 bridgehead atoms. The monoisotopic (exact) mass is 547 g/mol. The van der Waals surface area contributed by atoms with Gasteiger partial charge in [0.1, 0.15) is 0 Å². The van der Waals surface area contributed by atoms with Gasteiger partial charge in [-0.2, -0.15) is 0 Å². The molecule has 1 aliphatic carbocycles. The van der Waals surface area contributed by atoms with Gasteiger partial charge in [-0.25, -0.2) is 0 Å². The maximum absolute atomic E-state index is 6.70. The summed E-state index contributed by atoms with van der Waals surface area (Å²) in [5, 5.41) is 0. The molecule has 0 spiro atoms. The van der Waals surface area contributed by atoms with E-state index in [2.05, 4.69) is 106 Å². The molecule has 0 amide bonds. The van der Waals surface area contributed by atoms with Crippen molar-refractivity contribution in [1.82, 2.24) is 0 Å². The van der Waals surface area contributed by atoms with Crippen LogP contribution in [0.3, 0.4) is 0 Å². The van der Waals surface area contributed by atoms with Crippen molar-refractivity contribution in [2.75, 3.05) is 0 Å². The Kier molecular flexibility index (Phi) is 7.40. The first-order chi connectivity index (χ1) is 14.6. The third-order valence-electron chi connectivity index (χ3n) is 6.68. The van der Waals surface area contributed by atoms with Gasteiger partial charge in [0.05, 0.1) is 0 Å². The van der Waals surface area contributed by atoms with Gasteiger partial charge in [-0.15, -0.1) is 0 Å². The van der Waals surface area contributed by atoms with Gasteiger partial charge >= 0.3 is 213 Å². The summed E-state index contributed by atoms with van der Waals surface area (Å²) in [5.41, 5.74) is 11.2. The van der Waals surface area contributed by atoms with Crippen molar-refractivity contribution in [2.24, 2.45) is 0 Å². The minimum atomic E-state index is -2.51. The molecule has 0 nitrogen and oxygen atoms in total. The SMILES string of the molecule is CCC1=Cc2c(ccc(C(C)(C)C)c2-c2cc(C(C)(C)C)cc(C(C)(C)C)c2)[CH]1[Zr]([Cl])[Cl]. The van der Waals surface area contributed by atoms with Gasteiger partial charge in [-0.3, -0.25) is 0 Å². The average Bonchev–Trinajstić information content (AvgIpc) is 3.03. The van der Waals surface area contributed by atoms with E-state index in [0.29, 0.717) is 0 Å². The summed E-state index contributed by atoms with van der Waals surface area (Å²) in [7, 11) is 13.4. The van der Waals surface area contributed by atoms with Crippen LogP contribution in [0.15, 0.2) is 35.9 Å². The molecule has 0 saturated heterocycles. The van der Waals surface area contributed by atoms with Crippen molar-refractivity contribution in [3.8, 4) is 11.1 Å². The van der Waals surface area contributed by atoms with Crippen LogP contribution in [0.2, 0.25) is 0 Å². The molecule has 1 unspecified atom stereocenters. The molecule has 0 saturated carbocycles. The molecule has 3 rings (SSSR count). The fraction of sp³-hybridized carbons (Fsp3) is 0.517. The van der Waals surface area contributed by atoms with Crippen molar-refractivity contribution < 1.29 is 19.4 Å². The molecule has 2 aromatic rings. The van der Waals surface area contributed by atoms with Crippen LogP contribution in [0.25, 0.3) is 17.2 Å². The Balaban J connectivity index is 2.44. The van der Waals surface area contributed by atoms with Crippen molar-refractivity contribution in [2.45, 2.75) is 95.5 Å². The number of benzene rings is 2. The standard InChI is InChI=1S/C29H39.2ClH.Zr/c1-11-19-14-20-12-13-25(29(8,9)10)26(24(20)15-19)21-16-22(27(2,3)4)18-23(17-21)28(5,6)7;;;/h12-18H,11H2,1-10H3;2*1H;/q;;;+2/p-2. The number of hydrogen-bond acceptors (Lipinski definition) is 0. The van der Waals surface area contributed by atoms with Crippen LogP contribution in [0, 0.1) is 0 Å². The van der Waals surface area contributed by atoms with Gasteiger partial charge in [-0.05, 0) is 0 Å². The second kappa shape index (κ2) is 9.02. The number of allylic oxidation sites excluding steroid dienone is 1. The first-order valence-corrected chi connectivity index (χ1v) is 19.5. The summed E-state index contributed by atoms with van der Waals surface area (Å²) in [5.74, 6) is 0. The average molecular weight is 550 g/mol. The molecule has 0 heterocycles. The summed E-state index contributed by atoms with van der Waals surface area (Å²) >= 11 is -2.51. The topological polar surface area (TPSA) is 0 Å². The fourth-order valence-corrected chi connectivity index (χ4v) is 10.3. The molecule has 2 aromatic carbocycles. The van der Waals surface area contributed by atoms with Gasteiger partial charge < -0.3 is 0 Å². The van der Waals surface area contributed by atoms with Crippen LogP contribution in [-0.2, 0) is 35.6 Å². The molecule has 0 N–H and O–H groups in total. The Hall–Kier alpha value is -0.357. The van der Waals surface area contributed by atoms with Gasteiger partial charge in [-0.1, -0.05) is 0 Å². The van der Waals surface area contributed by atoms with Crippen LogP contribution >= 0.6 is 17.0 Å². The van der Waals surface area contributed by atoms with E-state index in [-0.39, 0.29) is 19.9 Å². The molecule has 0 aromatic heterocycles.